The van der Waals surface area contributed by atoms with Gasteiger partial charge in [0.05, 0.1) is 26.4 Å². The number of nitrogens with zero attached hydrogens (tertiary/aromatic N) is 2. The summed E-state index contributed by atoms with van der Waals surface area (Å²) < 4.78 is 0. The van der Waals surface area contributed by atoms with Crippen LogP contribution in [0.25, 0.3) is 0 Å². The van der Waals surface area contributed by atoms with Gasteiger partial charge in [-0.05, 0) is 25.9 Å². The zero-order chi connectivity index (χ0) is 22.1. The topological polar surface area (TPSA) is 87.4 Å². The molecule has 0 radical (unpaired) electrons. The van der Waals surface area contributed by atoms with Crippen molar-refractivity contribution in [1.29, 1.82) is 0 Å². The maximum atomic E-state index is 9.00. The van der Waals surface area contributed by atoms with Crippen molar-refractivity contribution >= 4 is 0 Å². The maximum Gasteiger partial charge on any atom is 0.0558 e. The Morgan fingerprint density at radius 2 is 0.467 bits per heavy atom. The molecule has 6 nitrogen and oxygen atoms in total. The van der Waals surface area contributed by atoms with Gasteiger partial charge in [-0.3, -0.25) is 9.80 Å². The molecule has 6 heteroatoms. The maximum absolute atomic E-state index is 9.00. The second kappa shape index (κ2) is 25.0. The van der Waals surface area contributed by atoms with Crippen molar-refractivity contribution in [2.45, 2.75) is 89.9 Å². The zero-order valence-electron chi connectivity index (χ0n) is 19.7. The lowest BCUT2D eigenvalue weighted by molar-refractivity contribution is 0.158. The summed E-state index contributed by atoms with van der Waals surface area (Å²) in [5.74, 6) is 0. The Hall–Kier alpha value is -0.240. The minimum atomic E-state index is 0.176. The van der Waals surface area contributed by atoms with Gasteiger partial charge in [-0.25, -0.2) is 0 Å². The largest absolute Gasteiger partial charge is 0.395 e. The predicted molar refractivity (Wildman–Crippen MR) is 126 cm³/mol. The lowest BCUT2D eigenvalue weighted by atomic mass is 10.0. The smallest absolute Gasteiger partial charge is 0.0558 e. The van der Waals surface area contributed by atoms with Crippen molar-refractivity contribution in [3.05, 3.63) is 0 Å². The van der Waals surface area contributed by atoms with Crippen molar-refractivity contribution in [1.82, 2.24) is 9.80 Å². The number of aliphatic hydroxyl groups is 4. The summed E-state index contributed by atoms with van der Waals surface area (Å²) in [5.41, 5.74) is 0. The Balaban J connectivity index is 3.26. The lowest BCUT2D eigenvalue weighted by Crippen LogP contribution is -2.30. The van der Waals surface area contributed by atoms with Gasteiger partial charge in [-0.2, -0.15) is 0 Å². The molecule has 0 heterocycles. The van der Waals surface area contributed by atoms with Crippen LogP contribution in [-0.2, 0) is 0 Å². The molecule has 0 rings (SSSR count). The molecule has 0 aromatic heterocycles. The first-order chi connectivity index (χ1) is 14.8. The van der Waals surface area contributed by atoms with Gasteiger partial charge in [0.1, 0.15) is 0 Å². The molecule has 0 unspecified atom stereocenters. The van der Waals surface area contributed by atoms with Crippen molar-refractivity contribution < 1.29 is 20.4 Å². The van der Waals surface area contributed by atoms with E-state index in [4.69, 9.17) is 20.4 Å². The minimum absolute atomic E-state index is 0.176. The van der Waals surface area contributed by atoms with E-state index in [9.17, 15) is 0 Å². The molecule has 0 aromatic carbocycles. The Morgan fingerprint density at radius 1 is 0.267 bits per heavy atom. The third kappa shape index (κ3) is 21.0. The van der Waals surface area contributed by atoms with Crippen LogP contribution in [-0.4, -0.2) is 95.9 Å². The van der Waals surface area contributed by atoms with Crippen molar-refractivity contribution in [2.75, 3.05) is 65.7 Å². The first-order valence-corrected chi connectivity index (χ1v) is 12.7. The average Bonchev–Trinajstić information content (AvgIpc) is 2.74. The molecule has 0 fully saturated rings. The van der Waals surface area contributed by atoms with Gasteiger partial charge in [0.25, 0.3) is 0 Å². The van der Waals surface area contributed by atoms with E-state index in [1.165, 1.54) is 89.9 Å². The highest BCUT2D eigenvalue weighted by Gasteiger charge is 2.03. The molecule has 4 N–H and O–H groups in total. The quantitative estimate of drug-likeness (QED) is 0.166. The van der Waals surface area contributed by atoms with Crippen molar-refractivity contribution in [2.24, 2.45) is 0 Å². The second-order valence-corrected chi connectivity index (χ2v) is 8.53. The van der Waals surface area contributed by atoms with E-state index in [-0.39, 0.29) is 26.4 Å². The summed E-state index contributed by atoms with van der Waals surface area (Å²) in [7, 11) is 0. The molecule has 0 spiro atoms. The number of aliphatic hydroxyl groups excluding tert-OH is 4. The SMILES string of the molecule is OCCN(CCO)CCCCCCCCCCCCCCCCN(CCO)CCO. The van der Waals surface area contributed by atoms with Gasteiger partial charge >= 0.3 is 0 Å². The van der Waals surface area contributed by atoms with Gasteiger partial charge in [0.15, 0.2) is 0 Å². The fourth-order valence-corrected chi connectivity index (χ4v) is 4.03. The predicted octanol–water partition coefficient (Wildman–Crippen LogP) is 3.02. The van der Waals surface area contributed by atoms with Gasteiger partial charge in [-0.15, -0.1) is 0 Å². The third-order valence-corrected chi connectivity index (χ3v) is 5.86. The van der Waals surface area contributed by atoms with Crippen LogP contribution in [0.15, 0.2) is 0 Å². The normalized spacial score (nSPS) is 11.8. The summed E-state index contributed by atoms with van der Waals surface area (Å²) in [5, 5.41) is 36.0. The van der Waals surface area contributed by atoms with E-state index >= 15 is 0 Å². The van der Waals surface area contributed by atoms with Crippen molar-refractivity contribution in [3.63, 3.8) is 0 Å². The lowest BCUT2D eigenvalue weighted by Gasteiger charge is -2.19. The van der Waals surface area contributed by atoms with Crippen LogP contribution in [0.5, 0.6) is 0 Å². The molecule has 0 aliphatic rings. The fraction of sp³-hybridized carbons (Fsp3) is 1.00. The van der Waals surface area contributed by atoms with Crippen LogP contribution in [0.4, 0.5) is 0 Å². The number of hydrogen-bond acceptors (Lipinski definition) is 6. The Morgan fingerprint density at radius 3 is 0.667 bits per heavy atom. The molecule has 0 bridgehead atoms. The fourth-order valence-electron chi connectivity index (χ4n) is 4.03. The summed E-state index contributed by atoms with van der Waals surface area (Å²) in [6, 6.07) is 0. The monoisotopic (exact) mass is 432 g/mol. The van der Waals surface area contributed by atoms with Crippen LogP contribution >= 0.6 is 0 Å². The van der Waals surface area contributed by atoms with Crippen LogP contribution in [0.2, 0.25) is 0 Å². The van der Waals surface area contributed by atoms with Crippen LogP contribution in [0, 0.1) is 0 Å². The minimum Gasteiger partial charge on any atom is -0.395 e. The third-order valence-electron chi connectivity index (χ3n) is 5.86. The average molecular weight is 433 g/mol. The molecule has 0 atom stereocenters. The molecular weight excluding hydrogens is 380 g/mol. The number of hydrogen-bond donors (Lipinski definition) is 4. The molecule has 0 aliphatic heterocycles. The highest BCUT2D eigenvalue weighted by molar-refractivity contribution is 4.58. The first kappa shape index (κ1) is 29.8. The van der Waals surface area contributed by atoms with Gasteiger partial charge in [0, 0.05) is 26.2 Å². The number of unbranched alkanes of at least 4 members (excludes halogenated alkanes) is 13. The Kier molecular flexibility index (Phi) is 24.8. The molecule has 0 aliphatic carbocycles. The van der Waals surface area contributed by atoms with Gasteiger partial charge < -0.3 is 20.4 Å². The summed E-state index contributed by atoms with van der Waals surface area (Å²) in [6.45, 7) is 5.39. The highest BCUT2D eigenvalue weighted by Crippen LogP contribution is 2.13. The summed E-state index contributed by atoms with van der Waals surface area (Å²) in [4.78, 5) is 4.28. The van der Waals surface area contributed by atoms with E-state index in [1.54, 1.807) is 0 Å². The van der Waals surface area contributed by atoms with Crippen LogP contribution in [0.1, 0.15) is 89.9 Å². The van der Waals surface area contributed by atoms with Crippen LogP contribution < -0.4 is 0 Å². The van der Waals surface area contributed by atoms with E-state index in [1.807, 2.05) is 0 Å². The van der Waals surface area contributed by atoms with Gasteiger partial charge in [-0.1, -0.05) is 77.0 Å². The molecule has 182 valence electrons. The Bertz CT molecular complexity index is 280. The second-order valence-electron chi connectivity index (χ2n) is 8.53. The molecular formula is C24H52N2O4. The molecule has 30 heavy (non-hydrogen) atoms. The first-order valence-electron chi connectivity index (χ1n) is 12.7. The van der Waals surface area contributed by atoms with Gasteiger partial charge in [0.2, 0.25) is 0 Å². The number of rotatable bonds is 25. The van der Waals surface area contributed by atoms with E-state index < -0.39 is 0 Å². The van der Waals surface area contributed by atoms with Crippen LogP contribution in [0.3, 0.4) is 0 Å². The molecule has 0 amide bonds. The summed E-state index contributed by atoms with van der Waals surface area (Å²) >= 11 is 0. The van der Waals surface area contributed by atoms with E-state index in [0.29, 0.717) is 26.2 Å². The van der Waals surface area contributed by atoms with E-state index in [2.05, 4.69) is 9.80 Å². The molecule has 0 saturated heterocycles. The van der Waals surface area contributed by atoms with Crippen molar-refractivity contribution in [3.8, 4) is 0 Å². The highest BCUT2D eigenvalue weighted by atomic mass is 16.3. The zero-order valence-corrected chi connectivity index (χ0v) is 19.7. The van der Waals surface area contributed by atoms with E-state index in [0.717, 1.165) is 13.1 Å². The Labute approximate surface area is 186 Å². The standard InChI is InChI=1S/C24H52N2O4/c27-21-17-25(18-22-28)15-13-11-9-7-5-3-1-2-4-6-8-10-12-14-16-26(19-23-29)20-24-30/h27-30H,1-24H2. The summed E-state index contributed by atoms with van der Waals surface area (Å²) in [6.07, 6.45) is 18.3. The molecule has 0 aromatic rings. The molecule has 0 saturated carbocycles.